The number of aryl methyl sites for hydroxylation is 1. The molecule has 0 amide bonds. The Labute approximate surface area is 133 Å². The standard InChI is InChI=1S/C19H25N3/c1-16-7-6-8-19(20-16)21(2)15-17-9-11-18(12-10-17)22-13-4-3-5-14-22/h6-12H,3-5,13-15H2,1-2H3. The van der Waals surface area contributed by atoms with E-state index >= 15 is 0 Å². The van der Waals surface area contributed by atoms with E-state index in [0.29, 0.717) is 0 Å². The van der Waals surface area contributed by atoms with Crippen LogP contribution in [0.15, 0.2) is 42.5 Å². The van der Waals surface area contributed by atoms with Gasteiger partial charge in [0.25, 0.3) is 0 Å². The summed E-state index contributed by atoms with van der Waals surface area (Å²) in [5.41, 5.74) is 3.75. The van der Waals surface area contributed by atoms with E-state index in [1.807, 2.05) is 13.0 Å². The van der Waals surface area contributed by atoms with Crippen LogP contribution in [0.2, 0.25) is 0 Å². The third kappa shape index (κ3) is 3.59. The molecule has 1 aliphatic heterocycles. The maximum Gasteiger partial charge on any atom is 0.128 e. The van der Waals surface area contributed by atoms with Gasteiger partial charge in [0.15, 0.2) is 0 Å². The van der Waals surface area contributed by atoms with Crippen LogP contribution in [0.25, 0.3) is 0 Å². The number of rotatable bonds is 4. The van der Waals surface area contributed by atoms with Crippen molar-refractivity contribution in [1.29, 1.82) is 0 Å². The molecule has 1 aliphatic rings. The van der Waals surface area contributed by atoms with Gasteiger partial charge in [-0.25, -0.2) is 4.98 Å². The second kappa shape index (κ2) is 6.82. The smallest absolute Gasteiger partial charge is 0.128 e. The Hall–Kier alpha value is -2.03. The molecule has 0 aliphatic carbocycles. The monoisotopic (exact) mass is 295 g/mol. The first kappa shape index (κ1) is 14.9. The second-order valence-corrected chi connectivity index (χ2v) is 6.21. The summed E-state index contributed by atoms with van der Waals surface area (Å²) in [4.78, 5) is 9.27. The van der Waals surface area contributed by atoms with Crippen LogP contribution >= 0.6 is 0 Å². The van der Waals surface area contributed by atoms with Gasteiger partial charge in [-0.3, -0.25) is 0 Å². The lowest BCUT2D eigenvalue weighted by molar-refractivity contribution is 0.578. The summed E-state index contributed by atoms with van der Waals surface area (Å²) in [7, 11) is 2.10. The molecule has 1 aromatic carbocycles. The number of hydrogen-bond acceptors (Lipinski definition) is 3. The summed E-state index contributed by atoms with van der Waals surface area (Å²) >= 11 is 0. The Morgan fingerprint density at radius 1 is 1.00 bits per heavy atom. The van der Waals surface area contributed by atoms with Crippen molar-refractivity contribution in [1.82, 2.24) is 4.98 Å². The molecule has 0 spiro atoms. The topological polar surface area (TPSA) is 19.4 Å². The van der Waals surface area contributed by atoms with Crippen LogP contribution in [0.5, 0.6) is 0 Å². The SMILES string of the molecule is Cc1cccc(N(C)Cc2ccc(N3CCCCC3)cc2)n1. The normalized spacial score (nSPS) is 14.9. The Bertz CT molecular complexity index is 600. The first-order chi connectivity index (χ1) is 10.7. The Balaban J connectivity index is 1.65. The van der Waals surface area contributed by atoms with Crippen LogP contribution in [0.1, 0.15) is 30.5 Å². The summed E-state index contributed by atoms with van der Waals surface area (Å²) in [6.45, 7) is 5.32. The predicted molar refractivity (Wildman–Crippen MR) is 93.6 cm³/mol. The van der Waals surface area contributed by atoms with Gasteiger partial charge in [0.1, 0.15) is 5.82 Å². The molecule has 1 saturated heterocycles. The number of piperidine rings is 1. The summed E-state index contributed by atoms with van der Waals surface area (Å²) in [5.74, 6) is 1.03. The zero-order valence-electron chi connectivity index (χ0n) is 13.6. The van der Waals surface area contributed by atoms with Crippen molar-refractivity contribution in [2.75, 3.05) is 29.9 Å². The van der Waals surface area contributed by atoms with Crippen molar-refractivity contribution in [2.45, 2.75) is 32.7 Å². The first-order valence-electron chi connectivity index (χ1n) is 8.21. The molecule has 1 fully saturated rings. The van der Waals surface area contributed by atoms with Crippen LogP contribution in [-0.2, 0) is 6.54 Å². The Kier molecular flexibility index (Phi) is 4.62. The molecule has 1 aromatic heterocycles. The molecule has 0 saturated carbocycles. The molecule has 0 bridgehead atoms. The summed E-state index contributed by atoms with van der Waals surface area (Å²) < 4.78 is 0. The van der Waals surface area contributed by atoms with Gasteiger partial charge >= 0.3 is 0 Å². The largest absolute Gasteiger partial charge is 0.372 e. The number of aromatic nitrogens is 1. The predicted octanol–water partition coefficient (Wildman–Crippen LogP) is 4.02. The van der Waals surface area contributed by atoms with Gasteiger partial charge in [-0.1, -0.05) is 18.2 Å². The van der Waals surface area contributed by atoms with Gasteiger partial charge in [0.05, 0.1) is 0 Å². The molecule has 3 nitrogen and oxygen atoms in total. The lowest BCUT2D eigenvalue weighted by Crippen LogP contribution is -2.29. The zero-order chi connectivity index (χ0) is 15.4. The molecule has 116 valence electrons. The van der Waals surface area contributed by atoms with Crippen molar-refractivity contribution in [2.24, 2.45) is 0 Å². The average Bonchev–Trinajstić information content (AvgIpc) is 2.56. The second-order valence-electron chi connectivity index (χ2n) is 6.21. The van der Waals surface area contributed by atoms with E-state index in [2.05, 4.69) is 58.2 Å². The highest BCUT2D eigenvalue weighted by Crippen LogP contribution is 2.21. The van der Waals surface area contributed by atoms with Gasteiger partial charge < -0.3 is 9.80 Å². The fourth-order valence-electron chi connectivity index (χ4n) is 3.06. The van der Waals surface area contributed by atoms with Crippen LogP contribution in [0, 0.1) is 6.92 Å². The molecule has 2 aromatic rings. The summed E-state index contributed by atoms with van der Waals surface area (Å²) in [5, 5.41) is 0. The lowest BCUT2D eigenvalue weighted by atomic mass is 10.1. The van der Waals surface area contributed by atoms with E-state index < -0.39 is 0 Å². The van der Waals surface area contributed by atoms with E-state index in [1.54, 1.807) is 0 Å². The number of benzene rings is 1. The quantitative estimate of drug-likeness (QED) is 0.849. The van der Waals surface area contributed by atoms with Crippen LogP contribution in [0.3, 0.4) is 0 Å². The molecule has 0 radical (unpaired) electrons. The average molecular weight is 295 g/mol. The van der Waals surface area contributed by atoms with Crippen LogP contribution in [-0.4, -0.2) is 25.1 Å². The van der Waals surface area contributed by atoms with E-state index in [9.17, 15) is 0 Å². The van der Waals surface area contributed by atoms with Crippen molar-refractivity contribution < 1.29 is 0 Å². The van der Waals surface area contributed by atoms with Crippen molar-refractivity contribution in [3.63, 3.8) is 0 Å². The zero-order valence-corrected chi connectivity index (χ0v) is 13.6. The van der Waals surface area contributed by atoms with Gasteiger partial charge in [0.2, 0.25) is 0 Å². The molecule has 2 heterocycles. The molecule has 3 rings (SSSR count). The molecular weight excluding hydrogens is 270 g/mol. The molecule has 0 unspecified atom stereocenters. The lowest BCUT2D eigenvalue weighted by Gasteiger charge is -2.29. The third-order valence-corrected chi connectivity index (χ3v) is 4.34. The Morgan fingerprint density at radius 3 is 2.41 bits per heavy atom. The number of nitrogens with zero attached hydrogens (tertiary/aromatic N) is 3. The van der Waals surface area contributed by atoms with E-state index in [1.165, 1.54) is 43.6 Å². The molecular formula is C19H25N3. The van der Waals surface area contributed by atoms with E-state index in [4.69, 9.17) is 0 Å². The number of hydrogen-bond donors (Lipinski definition) is 0. The minimum absolute atomic E-state index is 0.886. The maximum atomic E-state index is 4.58. The third-order valence-electron chi connectivity index (χ3n) is 4.34. The Morgan fingerprint density at radius 2 is 1.73 bits per heavy atom. The maximum absolute atomic E-state index is 4.58. The number of pyridine rings is 1. The minimum Gasteiger partial charge on any atom is -0.372 e. The summed E-state index contributed by atoms with van der Waals surface area (Å²) in [6, 6.07) is 15.2. The fourth-order valence-corrected chi connectivity index (χ4v) is 3.06. The van der Waals surface area contributed by atoms with Crippen molar-refractivity contribution in [3.05, 3.63) is 53.7 Å². The minimum atomic E-state index is 0.886. The highest BCUT2D eigenvalue weighted by atomic mass is 15.2. The molecule has 0 atom stereocenters. The number of anilines is 2. The molecule has 22 heavy (non-hydrogen) atoms. The van der Waals surface area contributed by atoms with E-state index in [0.717, 1.165) is 18.1 Å². The van der Waals surface area contributed by atoms with Gasteiger partial charge in [-0.2, -0.15) is 0 Å². The summed E-state index contributed by atoms with van der Waals surface area (Å²) in [6.07, 6.45) is 4.02. The fraction of sp³-hybridized carbons (Fsp3) is 0.421. The van der Waals surface area contributed by atoms with Crippen molar-refractivity contribution >= 4 is 11.5 Å². The van der Waals surface area contributed by atoms with Crippen LogP contribution < -0.4 is 9.80 Å². The molecule has 3 heteroatoms. The highest BCUT2D eigenvalue weighted by molar-refractivity contribution is 5.48. The van der Waals surface area contributed by atoms with Crippen molar-refractivity contribution in [3.8, 4) is 0 Å². The van der Waals surface area contributed by atoms with E-state index in [-0.39, 0.29) is 0 Å². The first-order valence-corrected chi connectivity index (χ1v) is 8.21. The van der Waals surface area contributed by atoms with Crippen LogP contribution in [0.4, 0.5) is 11.5 Å². The highest BCUT2D eigenvalue weighted by Gasteiger charge is 2.11. The van der Waals surface area contributed by atoms with Gasteiger partial charge in [0, 0.05) is 38.1 Å². The van der Waals surface area contributed by atoms with Gasteiger partial charge in [-0.15, -0.1) is 0 Å². The van der Waals surface area contributed by atoms with Gasteiger partial charge in [-0.05, 0) is 56.0 Å². The molecule has 0 N–H and O–H groups in total.